The lowest BCUT2D eigenvalue weighted by atomic mass is 9.92. The third kappa shape index (κ3) is 3.22. The van der Waals surface area contributed by atoms with Gasteiger partial charge in [0.15, 0.2) is 0 Å². The normalized spacial score (nSPS) is 14.5. The number of aliphatic hydroxyl groups is 1. The van der Waals surface area contributed by atoms with Crippen LogP contribution in [0, 0.1) is 0 Å². The minimum atomic E-state index is -0.816. The Morgan fingerprint density at radius 1 is 1.25 bits per heavy atom. The van der Waals surface area contributed by atoms with E-state index in [-0.39, 0.29) is 0 Å². The van der Waals surface area contributed by atoms with Crippen LogP contribution < -0.4 is 4.74 Å². The van der Waals surface area contributed by atoms with E-state index in [1.54, 1.807) is 14.2 Å². The molecule has 3 nitrogen and oxygen atoms in total. The molecule has 0 spiro atoms. The van der Waals surface area contributed by atoms with E-state index in [1.165, 1.54) is 0 Å². The lowest BCUT2D eigenvalue weighted by molar-refractivity contribution is -0.0336. The second-order valence-corrected chi connectivity index (χ2v) is 4.00. The molecule has 0 bridgehead atoms. The zero-order chi connectivity index (χ0) is 12.0. The fourth-order valence-electron chi connectivity index (χ4n) is 1.75. The van der Waals surface area contributed by atoms with Crippen molar-refractivity contribution in [1.29, 1.82) is 0 Å². The van der Waals surface area contributed by atoms with Crippen LogP contribution in [0.25, 0.3) is 0 Å². The molecule has 0 aliphatic rings. The summed E-state index contributed by atoms with van der Waals surface area (Å²) < 4.78 is 10.3. The molecule has 1 rings (SSSR count). The van der Waals surface area contributed by atoms with Gasteiger partial charge in [0, 0.05) is 13.5 Å². The highest BCUT2D eigenvalue weighted by Crippen LogP contribution is 2.24. The van der Waals surface area contributed by atoms with Crippen molar-refractivity contribution in [3.63, 3.8) is 0 Å². The van der Waals surface area contributed by atoms with Crippen molar-refractivity contribution < 1.29 is 14.6 Å². The fraction of sp³-hybridized carbons (Fsp3) is 0.538. The van der Waals surface area contributed by atoms with Crippen LogP contribution in [0.2, 0.25) is 0 Å². The predicted octanol–water partition coefficient (Wildman–Crippen LogP) is 2.03. The number of benzene rings is 1. The first-order chi connectivity index (χ1) is 7.65. The number of para-hydroxylation sites is 1. The zero-order valence-corrected chi connectivity index (χ0v) is 10.2. The summed E-state index contributed by atoms with van der Waals surface area (Å²) in [7, 11) is 3.24. The predicted molar refractivity (Wildman–Crippen MR) is 63.8 cm³/mol. The molecule has 16 heavy (non-hydrogen) atoms. The number of ether oxygens (including phenoxy) is 2. The largest absolute Gasteiger partial charge is 0.496 e. The van der Waals surface area contributed by atoms with Crippen molar-refractivity contribution in [2.75, 3.05) is 20.8 Å². The molecule has 1 unspecified atom stereocenters. The van der Waals surface area contributed by atoms with Crippen LogP contribution >= 0.6 is 0 Å². The summed E-state index contributed by atoms with van der Waals surface area (Å²) in [6.07, 6.45) is 1.19. The minimum Gasteiger partial charge on any atom is -0.496 e. The smallest absolute Gasteiger partial charge is 0.122 e. The molecule has 0 aliphatic carbocycles. The Kier molecular flexibility index (Phi) is 4.77. The van der Waals surface area contributed by atoms with Crippen molar-refractivity contribution in [2.45, 2.75) is 25.4 Å². The molecule has 1 aromatic rings. The van der Waals surface area contributed by atoms with Crippen molar-refractivity contribution in [3.05, 3.63) is 29.8 Å². The first kappa shape index (κ1) is 13.0. The second kappa shape index (κ2) is 5.87. The van der Waals surface area contributed by atoms with Gasteiger partial charge in [-0.3, -0.25) is 0 Å². The molecular weight excluding hydrogens is 204 g/mol. The summed E-state index contributed by atoms with van der Waals surface area (Å²) in [4.78, 5) is 0. The van der Waals surface area contributed by atoms with Gasteiger partial charge in [0.25, 0.3) is 0 Å². The lowest BCUT2D eigenvalue weighted by Crippen LogP contribution is -2.36. The molecule has 3 heteroatoms. The van der Waals surface area contributed by atoms with Gasteiger partial charge in [0.2, 0.25) is 0 Å². The summed E-state index contributed by atoms with van der Waals surface area (Å²) in [6.45, 7) is 2.29. The monoisotopic (exact) mass is 224 g/mol. The maximum Gasteiger partial charge on any atom is 0.122 e. The van der Waals surface area contributed by atoms with Gasteiger partial charge < -0.3 is 14.6 Å². The van der Waals surface area contributed by atoms with Gasteiger partial charge in [-0.15, -0.1) is 0 Å². The van der Waals surface area contributed by atoms with Crippen molar-refractivity contribution in [1.82, 2.24) is 0 Å². The van der Waals surface area contributed by atoms with Gasteiger partial charge in [-0.05, 0) is 18.1 Å². The van der Waals surface area contributed by atoms with E-state index >= 15 is 0 Å². The Labute approximate surface area is 97.0 Å². The summed E-state index contributed by atoms with van der Waals surface area (Å²) in [5, 5.41) is 10.3. The average Bonchev–Trinajstić information content (AvgIpc) is 2.30. The van der Waals surface area contributed by atoms with E-state index in [9.17, 15) is 5.11 Å². The fourth-order valence-corrected chi connectivity index (χ4v) is 1.75. The number of methoxy groups -OCH3 is 2. The third-order valence-electron chi connectivity index (χ3n) is 2.78. The van der Waals surface area contributed by atoms with E-state index in [0.717, 1.165) is 11.3 Å². The average molecular weight is 224 g/mol. The molecule has 90 valence electrons. The van der Waals surface area contributed by atoms with Gasteiger partial charge in [0.1, 0.15) is 5.75 Å². The van der Waals surface area contributed by atoms with Gasteiger partial charge >= 0.3 is 0 Å². The molecule has 0 heterocycles. The van der Waals surface area contributed by atoms with Crippen molar-refractivity contribution >= 4 is 0 Å². The zero-order valence-electron chi connectivity index (χ0n) is 10.2. The molecular formula is C13H20O3. The van der Waals surface area contributed by atoms with E-state index in [1.807, 2.05) is 31.2 Å². The standard InChI is InChI=1S/C13H20O3/c1-4-13(14,10-15-2)9-11-7-5-6-8-12(11)16-3/h5-8,14H,4,9-10H2,1-3H3. The summed E-state index contributed by atoms with van der Waals surface area (Å²) in [6, 6.07) is 7.73. The van der Waals surface area contributed by atoms with Gasteiger partial charge in [-0.1, -0.05) is 25.1 Å². The summed E-state index contributed by atoms with van der Waals surface area (Å²) in [5.74, 6) is 0.811. The van der Waals surface area contributed by atoms with Gasteiger partial charge in [-0.2, -0.15) is 0 Å². The SMILES string of the molecule is CCC(O)(COC)Cc1ccccc1OC. The maximum absolute atomic E-state index is 10.3. The first-order valence-electron chi connectivity index (χ1n) is 5.48. The van der Waals surface area contributed by atoms with Crippen LogP contribution in [0.3, 0.4) is 0 Å². The Balaban J connectivity index is 2.85. The maximum atomic E-state index is 10.3. The van der Waals surface area contributed by atoms with Crippen LogP contribution in [0.15, 0.2) is 24.3 Å². The molecule has 0 saturated carbocycles. The van der Waals surface area contributed by atoms with E-state index < -0.39 is 5.60 Å². The highest BCUT2D eigenvalue weighted by molar-refractivity contribution is 5.34. The van der Waals surface area contributed by atoms with Gasteiger partial charge in [-0.25, -0.2) is 0 Å². The molecule has 1 atom stereocenters. The number of rotatable bonds is 6. The third-order valence-corrected chi connectivity index (χ3v) is 2.78. The first-order valence-corrected chi connectivity index (χ1v) is 5.48. The molecule has 1 N–H and O–H groups in total. The highest BCUT2D eigenvalue weighted by Gasteiger charge is 2.26. The lowest BCUT2D eigenvalue weighted by Gasteiger charge is -2.26. The van der Waals surface area contributed by atoms with Crippen LogP contribution in [0.5, 0.6) is 5.75 Å². The Hall–Kier alpha value is -1.06. The molecule has 0 radical (unpaired) electrons. The second-order valence-electron chi connectivity index (χ2n) is 4.00. The Bertz CT molecular complexity index is 325. The highest BCUT2D eigenvalue weighted by atomic mass is 16.5. The number of hydrogen-bond acceptors (Lipinski definition) is 3. The summed E-state index contributed by atoms with van der Waals surface area (Å²) >= 11 is 0. The van der Waals surface area contributed by atoms with E-state index in [4.69, 9.17) is 9.47 Å². The molecule has 0 aromatic heterocycles. The Morgan fingerprint density at radius 2 is 1.94 bits per heavy atom. The van der Waals surface area contributed by atoms with Crippen LogP contribution in [0.1, 0.15) is 18.9 Å². The Morgan fingerprint density at radius 3 is 2.50 bits per heavy atom. The molecule has 0 amide bonds. The van der Waals surface area contributed by atoms with Gasteiger partial charge in [0.05, 0.1) is 19.3 Å². The van der Waals surface area contributed by atoms with Crippen molar-refractivity contribution in [3.8, 4) is 5.75 Å². The van der Waals surface area contributed by atoms with Crippen LogP contribution in [0.4, 0.5) is 0 Å². The molecule has 0 aliphatic heterocycles. The minimum absolute atomic E-state index is 0.335. The van der Waals surface area contributed by atoms with Crippen LogP contribution in [-0.4, -0.2) is 31.5 Å². The molecule has 0 fully saturated rings. The van der Waals surface area contributed by atoms with E-state index in [0.29, 0.717) is 19.4 Å². The van der Waals surface area contributed by atoms with E-state index in [2.05, 4.69) is 0 Å². The van der Waals surface area contributed by atoms with Crippen LogP contribution in [-0.2, 0) is 11.2 Å². The van der Waals surface area contributed by atoms with Crippen molar-refractivity contribution in [2.24, 2.45) is 0 Å². The molecule has 1 aromatic carbocycles. The summed E-state index contributed by atoms with van der Waals surface area (Å²) in [5.41, 5.74) is 0.190. The topological polar surface area (TPSA) is 38.7 Å². The molecule has 0 saturated heterocycles. The quantitative estimate of drug-likeness (QED) is 0.803. The number of hydrogen-bond donors (Lipinski definition) is 1.